The van der Waals surface area contributed by atoms with Crippen molar-refractivity contribution in [1.82, 2.24) is 19.5 Å². The molecule has 0 unspecified atom stereocenters. The Morgan fingerprint density at radius 2 is 1.37 bits per heavy atom. The third kappa shape index (κ3) is 3.19. The third-order valence-corrected chi connectivity index (χ3v) is 8.20. The van der Waals surface area contributed by atoms with Crippen molar-refractivity contribution in [2.24, 2.45) is 0 Å². The molecule has 0 N–H and O–H groups in total. The van der Waals surface area contributed by atoms with Crippen molar-refractivity contribution in [3.05, 3.63) is 121 Å². The molecule has 0 aliphatic carbocycles. The molecule has 8 aromatic rings. The Bertz CT molecular complexity index is 2070. The number of fused-ring (bicyclic) bond motifs is 7. The van der Waals surface area contributed by atoms with E-state index in [0.717, 1.165) is 44.6 Å². The Labute approximate surface area is 222 Å². The average molecular weight is 505 g/mol. The first-order chi connectivity index (χ1) is 18.8. The molecule has 0 aliphatic heterocycles. The van der Waals surface area contributed by atoms with E-state index >= 15 is 0 Å². The first kappa shape index (κ1) is 21.2. The standard InChI is InChI=1S/C33H20N4S/c1-3-10-21(11-4-1)25-20-29(36-33(35-25)22-12-5-2-6-13-22)37-26-15-9-19-34-31(26)24-17-18-28-30(32(24)37)23-14-7-8-16-27(23)38-28/h1-20H. The number of pyridine rings is 1. The van der Waals surface area contributed by atoms with E-state index in [-0.39, 0.29) is 0 Å². The van der Waals surface area contributed by atoms with E-state index in [1.165, 1.54) is 20.2 Å². The van der Waals surface area contributed by atoms with E-state index in [4.69, 9.17) is 15.0 Å². The lowest BCUT2D eigenvalue weighted by Crippen LogP contribution is -2.02. The molecule has 0 fully saturated rings. The number of nitrogens with zero attached hydrogens (tertiary/aromatic N) is 4. The second-order valence-electron chi connectivity index (χ2n) is 9.31. The highest BCUT2D eigenvalue weighted by Crippen LogP contribution is 2.42. The molecule has 0 aliphatic rings. The summed E-state index contributed by atoms with van der Waals surface area (Å²) in [4.78, 5) is 15.0. The number of benzene rings is 4. The van der Waals surface area contributed by atoms with Gasteiger partial charge in [-0.15, -0.1) is 11.3 Å². The zero-order valence-corrected chi connectivity index (χ0v) is 21.1. The van der Waals surface area contributed by atoms with Crippen LogP contribution in [0.2, 0.25) is 0 Å². The van der Waals surface area contributed by atoms with Gasteiger partial charge in [-0.3, -0.25) is 9.55 Å². The van der Waals surface area contributed by atoms with Crippen LogP contribution >= 0.6 is 11.3 Å². The molecule has 4 heterocycles. The molecule has 4 aromatic heterocycles. The van der Waals surface area contributed by atoms with E-state index in [0.29, 0.717) is 5.82 Å². The van der Waals surface area contributed by atoms with Gasteiger partial charge in [0.15, 0.2) is 5.82 Å². The van der Waals surface area contributed by atoms with Crippen LogP contribution in [0.4, 0.5) is 0 Å². The molecule has 178 valence electrons. The van der Waals surface area contributed by atoms with E-state index in [2.05, 4.69) is 77.4 Å². The highest BCUT2D eigenvalue weighted by atomic mass is 32.1. The van der Waals surface area contributed by atoms with Gasteiger partial charge in [-0.05, 0) is 30.3 Å². The highest BCUT2D eigenvalue weighted by molar-refractivity contribution is 7.26. The van der Waals surface area contributed by atoms with Gasteiger partial charge < -0.3 is 0 Å². The summed E-state index contributed by atoms with van der Waals surface area (Å²) in [7, 11) is 0. The molecule has 0 saturated carbocycles. The molecule has 38 heavy (non-hydrogen) atoms. The monoisotopic (exact) mass is 504 g/mol. The van der Waals surface area contributed by atoms with Crippen LogP contribution in [0.1, 0.15) is 0 Å². The smallest absolute Gasteiger partial charge is 0.162 e. The summed E-state index contributed by atoms with van der Waals surface area (Å²) < 4.78 is 4.81. The van der Waals surface area contributed by atoms with E-state index in [1.54, 1.807) is 0 Å². The maximum atomic E-state index is 5.17. The molecule has 0 bridgehead atoms. The number of hydrogen-bond donors (Lipinski definition) is 0. The van der Waals surface area contributed by atoms with Crippen LogP contribution in [-0.4, -0.2) is 19.5 Å². The van der Waals surface area contributed by atoms with Gasteiger partial charge in [0, 0.05) is 48.9 Å². The fourth-order valence-electron chi connectivity index (χ4n) is 5.39. The predicted molar refractivity (Wildman–Crippen MR) is 158 cm³/mol. The van der Waals surface area contributed by atoms with Gasteiger partial charge in [0.2, 0.25) is 0 Å². The Morgan fingerprint density at radius 3 is 2.21 bits per heavy atom. The fourth-order valence-corrected chi connectivity index (χ4v) is 6.50. The lowest BCUT2D eigenvalue weighted by Gasteiger charge is -2.12. The molecule has 5 heteroatoms. The molecule has 0 spiro atoms. The van der Waals surface area contributed by atoms with Crippen LogP contribution in [0, 0.1) is 0 Å². The van der Waals surface area contributed by atoms with Crippen LogP contribution in [0.3, 0.4) is 0 Å². The summed E-state index contributed by atoms with van der Waals surface area (Å²) >= 11 is 1.82. The molecule has 0 saturated heterocycles. The number of aromatic nitrogens is 4. The number of rotatable bonds is 3. The lowest BCUT2D eigenvalue weighted by molar-refractivity contribution is 1.05. The van der Waals surface area contributed by atoms with Gasteiger partial charge in [-0.1, -0.05) is 78.9 Å². The summed E-state index contributed by atoms with van der Waals surface area (Å²) in [5, 5.41) is 3.61. The van der Waals surface area contributed by atoms with Crippen molar-refractivity contribution in [3.63, 3.8) is 0 Å². The number of thiophene rings is 1. The van der Waals surface area contributed by atoms with Crippen molar-refractivity contribution < 1.29 is 0 Å². The van der Waals surface area contributed by atoms with E-state index < -0.39 is 0 Å². The SMILES string of the molecule is c1ccc(-c2cc(-n3c4cccnc4c4ccc5sc6ccccc6c5c43)nc(-c3ccccc3)n2)cc1. The minimum absolute atomic E-state index is 0.697. The Balaban J connectivity index is 1.54. The molecule has 0 atom stereocenters. The first-order valence-electron chi connectivity index (χ1n) is 12.5. The molecule has 8 rings (SSSR count). The molecule has 0 amide bonds. The molecular weight excluding hydrogens is 484 g/mol. The predicted octanol–water partition coefficient (Wildman–Crippen LogP) is 8.67. The quantitative estimate of drug-likeness (QED) is 0.242. The van der Waals surface area contributed by atoms with Gasteiger partial charge in [0.05, 0.1) is 22.2 Å². The molecule has 4 nitrogen and oxygen atoms in total. The van der Waals surface area contributed by atoms with Gasteiger partial charge in [-0.2, -0.15) is 0 Å². The zero-order valence-electron chi connectivity index (χ0n) is 20.2. The average Bonchev–Trinajstić information content (AvgIpc) is 3.53. The van der Waals surface area contributed by atoms with Crippen molar-refractivity contribution in [2.45, 2.75) is 0 Å². The summed E-state index contributed by atoms with van der Waals surface area (Å²) in [5.41, 5.74) is 6.05. The second kappa shape index (κ2) is 8.33. The minimum Gasteiger partial charge on any atom is -0.291 e. The maximum Gasteiger partial charge on any atom is 0.162 e. The first-order valence-corrected chi connectivity index (χ1v) is 13.4. The van der Waals surface area contributed by atoms with Crippen LogP contribution in [0.15, 0.2) is 121 Å². The van der Waals surface area contributed by atoms with Crippen LogP contribution in [0.25, 0.3) is 70.6 Å². The van der Waals surface area contributed by atoms with E-state index in [9.17, 15) is 0 Å². The number of hydrogen-bond acceptors (Lipinski definition) is 4. The lowest BCUT2D eigenvalue weighted by atomic mass is 10.1. The summed E-state index contributed by atoms with van der Waals surface area (Å²) in [6, 6.07) is 39.8. The second-order valence-corrected chi connectivity index (χ2v) is 10.4. The Morgan fingerprint density at radius 1 is 0.605 bits per heavy atom. The highest BCUT2D eigenvalue weighted by Gasteiger charge is 2.20. The van der Waals surface area contributed by atoms with Gasteiger partial charge in [0.1, 0.15) is 5.82 Å². The summed E-state index contributed by atoms with van der Waals surface area (Å²) in [6.07, 6.45) is 1.87. The van der Waals surface area contributed by atoms with Crippen molar-refractivity contribution in [2.75, 3.05) is 0 Å². The topological polar surface area (TPSA) is 43.6 Å². The van der Waals surface area contributed by atoms with Crippen LogP contribution in [0.5, 0.6) is 0 Å². The van der Waals surface area contributed by atoms with Crippen LogP contribution < -0.4 is 0 Å². The van der Waals surface area contributed by atoms with Gasteiger partial charge in [0.25, 0.3) is 0 Å². The normalized spacial score (nSPS) is 11.7. The van der Waals surface area contributed by atoms with E-state index in [1.807, 2.05) is 60.0 Å². The maximum absolute atomic E-state index is 5.17. The minimum atomic E-state index is 0.697. The Hall–Kier alpha value is -4.87. The Kier molecular flexibility index (Phi) is 4.66. The summed E-state index contributed by atoms with van der Waals surface area (Å²) in [6.45, 7) is 0. The molecular formula is C33H20N4S. The van der Waals surface area contributed by atoms with Crippen molar-refractivity contribution in [3.8, 4) is 28.5 Å². The van der Waals surface area contributed by atoms with Crippen LogP contribution in [-0.2, 0) is 0 Å². The largest absolute Gasteiger partial charge is 0.291 e. The molecule has 0 radical (unpaired) electrons. The van der Waals surface area contributed by atoms with Crippen molar-refractivity contribution >= 4 is 53.4 Å². The van der Waals surface area contributed by atoms with Gasteiger partial charge >= 0.3 is 0 Å². The van der Waals surface area contributed by atoms with Gasteiger partial charge in [-0.25, -0.2) is 9.97 Å². The molecule has 4 aromatic carbocycles. The zero-order chi connectivity index (χ0) is 25.1. The summed E-state index contributed by atoms with van der Waals surface area (Å²) in [5.74, 6) is 1.52. The van der Waals surface area contributed by atoms with Crippen molar-refractivity contribution in [1.29, 1.82) is 0 Å². The third-order valence-electron chi connectivity index (χ3n) is 7.07. The fraction of sp³-hybridized carbons (Fsp3) is 0.